The molecular formula is C24H16O4. The minimum atomic E-state index is -0.595. The van der Waals surface area contributed by atoms with Gasteiger partial charge in [-0.2, -0.15) is 0 Å². The van der Waals surface area contributed by atoms with Crippen LogP contribution in [0.25, 0.3) is 22.3 Å². The first-order valence-electron chi connectivity index (χ1n) is 8.69. The zero-order valence-electron chi connectivity index (χ0n) is 15.4. The lowest BCUT2D eigenvalue weighted by atomic mass is 9.85. The van der Waals surface area contributed by atoms with Gasteiger partial charge in [-0.05, 0) is 46.5 Å². The minimum absolute atomic E-state index is 0.161. The second-order valence-corrected chi connectivity index (χ2v) is 6.27. The molecule has 1 aliphatic rings. The number of ether oxygens (including phenoxy) is 2. The topological polar surface area (TPSA) is 52.6 Å². The number of methoxy groups -OCH3 is 2. The fourth-order valence-electron chi connectivity index (χ4n) is 3.39. The van der Waals surface area contributed by atoms with Crippen molar-refractivity contribution in [3.63, 3.8) is 0 Å². The molecule has 0 bridgehead atoms. The Hall–Kier alpha value is -3.84. The van der Waals surface area contributed by atoms with Gasteiger partial charge in [0, 0.05) is 11.1 Å². The number of fused-ring (bicyclic) bond motifs is 5. The van der Waals surface area contributed by atoms with Gasteiger partial charge in [-0.25, -0.2) is 9.59 Å². The van der Waals surface area contributed by atoms with E-state index in [0.717, 1.165) is 33.4 Å². The van der Waals surface area contributed by atoms with Crippen LogP contribution in [0, 0.1) is 11.8 Å². The molecule has 0 fully saturated rings. The molecule has 3 aromatic carbocycles. The summed E-state index contributed by atoms with van der Waals surface area (Å²) in [5, 5.41) is 0. The van der Waals surface area contributed by atoms with Gasteiger partial charge in [-0.15, -0.1) is 0 Å². The van der Waals surface area contributed by atoms with Crippen molar-refractivity contribution in [3.8, 4) is 34.1 Å². The van der Waals surface area contributed by atoms with Crippen LogP contribution in [0.2, 0.25) is 0 Å². The lowest BCUT2D eigenvalue weighted by Crippen LogP contribution is -2.13. The molecule has 4 nitrogen and oxygen atoms in total. The molecule has 0 radical (unpaired) electrons. The van der Waals surface area contributed by atoms with Crippen molar-refractivity contribution in [1.29, 1.82) is 0 Å². The Morgan fingerprint density at radius 1 is 0.643 bits per heavy atom. The minimum Gasteiger partial charge on any atom is -0.465 e. The Labute approximate surface area is 162 Å². The van der Waals surface area contributed by atoms with Gasteiger partial charge < -0.3 is 9.47 Å². The van der Waals surface area contributed by atoms with E-state index < -0.39 is 11.9 Å². The predicted octanol–water partition coefficient (Wildman–Crippen LogP) is 4.31. The number of esters is 2. The summed E-state index contributed by atoms with van der Waals surface area (Å²) in [5.41, 5.74) is 5.42. The Bertz CT molecular complexity index is 1090. The molecule has 0 amide bonds. The van der Waals surface area contributed by atoms with Gasteiger partial charge >= 0.3 is 11.9 Å². The molecule has 3 aromatic rings. The van der Waals surface area contributed by atoms with E-state index in [1.807, 2.05) is 48.5 Å². The maximum atomic E-state index is 12.4. The SMILES string of the molecule is COC(=O)c1cc2c(cc1C(=O)OC)-c1ccccc1C#Cc1ccccc1-2. The highest BCUT2D eigenvalue weighted by Crippen LogP contribution is 2.39. The van der Waals surface area contributed by atoms with Crippen molar-refractivity contribution in [2.45, 2.75) is 0 Å². The summed E-state index contributed by atoms with van der Waals surface area (Å²) in [6.07, 6.45) is 0. The monoisotopic (exact) mass is 368 g/mol. The predicted molar refractivity (Wildman–Crippen MR) is 106 cm³/mol. The molecule has 0 heterocycles. The molecule has 0 aromatic heterocycles. The fraction of sp³-hybridized carbons (Fsp3) is 0.0833. The molecule has 0 N–H and O–H groups in total. The Morgan fingerprint density at radius 2 is 1.04 bits per heavy atom. The van der Waals surface area contributed by atoms with Crippen LogP contribution in [0.5, 0.6) is 0 Å². The van der Waals surface area contributed by atoms with Crippen LogP contribution in [0.3, 0.4) is 0 Å². The Morgan fingerprint density at radius 3 is 1.43 bits per heavy atom. The molecule has 0 saturated heterocycles. The van der Waals surface area contributed by atoms with Gasteiger partial charge in [-0.1, -0.05) is 48.2 Å². The Kier molecular flexibility index (Phi) is 4.42. The van der Waals surface area contributed by atoms with Crippen molar-refractivity contribution in [3.05, 3.63) is 82.9 Å². The van der Waals surface area contributed by atoms with E-state index in [2.05, 4.69) is 11.8 Å². The summed E-state index contributed by atoms with van der Waals surface area (Å²) >= 11 is 0. The maximum Gasteiger partial charge on any atom is 0.338 e. The van der Waals surface area contributed by atoms with Crippen LogP contribution in [-0.4, -0.2) is 26.2 Å². The summed E-state index contributed by atoms with van der Waals surface area (Å²) in [6, 6.07) is 18.8. The number of carbonyl (C=O) groups is 2. The van der Waals surface area contributed by atoms with Gasteiger partial charge in [0.1, 0.15) is 0 Å². The molecular weight excluding hydrogens is 352 g/mol. The molecule has 136 valence electrons. The maximum absolute atomic E-state index is 12.4. The standard InChI is InChI=1S/C24H16O4/c1-27-23(25)21-13-19-17-9-5-3-7-15(17)11-12-16-8-4-6-10-18(16)20(19)14-22(21)24(26)28-2/h3-10,13-14H,1-2H3. The summed E-state index contributed by atoms with van der Waals surface area (Å²) in [4.78, 5) is 24.8. The van der Waals surface area contributed by atoms with Crippen molar-refractivity contribution >= 4 is 11.9 Å². The van der Waals surface area contributed by atoms with E-state index in [0.29, 0.717) is 0 Å². The first-order valence-corrected chi connectivity index (χ1v) is 8.69. The number of carbonyl (C=O) groups excluding carboxylic acids is 2. The molecule has 28 heavy (non-hydrogen) atoms. The van der Waals surface area contributed by atoms with E-state index >= 15 is 0 Å². The van der Waals surface area contributed by atoms with Crippen molar-refractivity contribution in [1.82, 2.24) is 0 Å². The van der Waals surface area contributed by atoms with Gasteiger partial charge in [0.25, 0.3) is 0 Å². The molecule has 0 spiro atoms. The smallest absolute Gasteiger partial charge is 0.338 e. The van der Waals surface area contributed by atoms with Crippen LogP contribution in [0.1, 0.15) is 31.8 Å². The lowest BCUT2D eigenvalue weighted by molar-refractivity contribution is 0.0555. The normalized spacial score (nSPS) is 10.8. The highest BCUT2D eigenvalue weighted by molar-refractivity contribution is 6.07. The summed E-state index contributed by atoms with van der Waals surface area (Å²) in [7, 11) is 2.57. The molecule has 4 rings (SSSR count). The molecule has 0 saturated carbocycles. The lowest BCUT2D eigenvalue weighted by Gasteiger charge is -2.18. The largest absolute Gasteiger partial charge is 0.465 e. The summed E-state index contributed by atoms with van der Waals surface area (Å²) < 4.78 is 9.80. The van der Waals surface area contributed by atoms with Crippen LogP contribution in [-0.2, 0) is 9.47 Å². The van der Waals surface area contributed by atoms with Crippen molar-refractivity contribution < 1.29 is 19.1 Å². The van der Waals surface area contributed by atoms with Crippen LogP contribution in [0.4, 0.5) is 0 Å². The highest BCUT2D eigenvalue weighted by Gasteiger charge is 2.24. The van der Waals surface area contributed by atoms with Crippen LogP contribution < -0.4 is 0 Å². The zero-order valence-corrected chi connectivity index (χ0v) is 15.4. The van der Waals surface area contributed by atoms with Crippen LogP contribution in [0.15, 0.2) is 60.7 Å². The first kappa shape index (κ1) is 17.6. The quantitative estimate of drug-likeness (QED) is 0.391. The van der Waals surface area contributed by atoms with Crippen molar-refractivity contribution in [2.24, 2.45) is 0 Å². The third-order valence-corrected chi connectivity index (χ3v) is 4.73. The number of rotatable bonds is 2. The molecule has 1 aliphatic carbocycles. The molecule has 0 atom stereocenters. The van der Waals surface area contributed by atoms with Crippen LogP contribution >= 0.6 is 0 Å². The van der Waals surface area contributed by atoms with Gasteiger partial charge in [-0.3, -0.25) is 0 Å². The Balaban J connectivity index is 2.14. The van der Waals surface area contributed by atoms with Gasteiger partial charge in [0.15, 0.2) is 0 Å². The first-order chi connectivity index (χ1) is 13.6. The molecule has 0 aliphatic heterocycles. The average molecular weight is 368 g/mol. The fourth-order valence-corrected chi connectivity index (χ4v) is 3.39. The number of hydrogen-bond acceptors (Lipinski definition) is 4. The zero-order chi connectivity index (χ0) is 19.7. The van der Waals surface area contributed by atoms with Gasteiger partial charge in [0.2, 0.25) is 0 Å². The van der Waals surface area contributed by atoms with E-state index in [1.54, 1.807) is 12.1 Å². The van der Waals surface area contributed by atoms with E-state index in [4.69, 9.17) is 9.47 Å². The second kappa shape index (κ2) is 7.05. The average Bonchev–Trinajstić information content (AvgIpc) is 2.75. The van der Waals surface area contributed by atoms with Gasteiger partial charge in [0.05, 0.1) is 25.3 Å². The summed E-state index contributed by atoms with van der Waals surface area (Å²) in [6.45, 7) is 0. The number of benzene rings is 3. The van der Waals surface area contributed by atoms with E-state index in [-0.39, 0.29) is 11.1 Å². The van der Waals surface area contributed by atoms with E-state index in [1.165, 1.54) is 14.2 Å². The second-order valence-electron chi connectivity index (χ2n) is 6.27. The summed E-state index contributed by atoms with van der Waals surface area (Å²) in [5.74, 6) is 5.24. The van der Waals surface area contributed by atoms with Crippen molar-refractivity contribution in [2.75, 3.05) is 14.2 Å². The third-order valence-electron chi connectivity index (χ3n) is 4.73. The number of hydrogen-bond donors (Lipinski definition) is 0. The third kappa shape index (κ3) is 2.83. The van der Waals surface area contributed by atoms with E-state index in [9.17, 15) is 9.59 Å². The molecule has 4 heteroatoms. The highest BCUT2D eigenvalue weighted by atomic mass is 16.5. The molecule has 0 unspecified atom stereocenters.